The van der Waals surface area contributed by atoms with E-state index >= 15 is 0 Å². The molecule has 3 heterocycles. The van der Waals surface area contributed by atoms with Crippen molar-refractivity contribution in [1.29, 1.82) is 0 Å². The van der Waals surface area contributed by atoms with Gasteiger partial charge in [-0.15, -0.1) is 0 Å². The molecule has 0 saturated carbocycles. The highest BCUT2D eigenvalue weighted by Gasteiger charge is 2.31. The molecule has 1 aliphatic rings. The summed E-state index contributed by atoms with van der Waals surface area (Å²) in [5.74, 6) is 0.432. The lowest BCUT2D eigenvalue weighted by Crippen LogP contribution is -2.42. The highest BCUT2D eigenvalue weighted by Crippen LogP contribution is 2.39. The zero-order chi connectivity index (χ0) is 24.6. The largest absolute Gasteiger partial charge is 0.378 e. The molecule has 34 heavy (non-hydrogen) atoms. The first-order valence-corrected chi connectivity index (χ1v) is 12.0. The molecule has 10 heteroatoms. The first-order chi connectivity index (χ1) is 16.1. The number of rotatable bonds is 4. The minimum absolute atomic E-state index is 0.0646. The molecule has 0 bridgehead atoms. The van der Waals surface area contributed by atoms with Gasteiger partial charge in [0.25, 0.3) is 5.56 Å². The maximum absolute atomic E-state index is 13.7. The maximum Gasteiger partial charge on any atom is 0.332 e. The van der Waals surface area contributed by atoms with Crippen molar-refractivity contribution in [2.45, 2.75) is 36.5 Å². The van der Waals surface area contributed by atoms with Crippen LogP contribution in [0.3, 0.4) is 0 Å². The Balaban J connectivity index is 1.93. The number of amides is 1. The second-order valence-corrected chi connectivity index (χ2v) is 10.4. The highest BCUT2D eigenvalue weighted by atomic mass is 32.2. The van der Waals surface area contributed by atoms with Crippen molar-refractivity contribution < 1.29 is 9.53 Å². The van der Waals surface area contributed by atoms with Gasteiger partial charge in [0.2, 0.25) is 5.91 Å². The fraction of sp³-hybridized carbons (Fsp3) is 0.458. The van der Waals surface area contributed by atoms with Crippen LogP contribution < -0.4 is 11.2 Å². The third-order valence-corrected chi connectivity index (χ3v) is 7.04. The van der Waals surface area contributed by atoms with Gasteiger partial charge in [0, 0.05) is 32.6 Å². The number of ether oxygens (including phenoxy) is 1. The summed E-state index contributed by atoms with van der Waals surface area (Å²) in [6, 6.07) is 9.47. The first kappa shape index (κ1) is 24.2. The SMILES string of the molecule is Cn1c(=O)c2c(SC(C(=O)N3CCOCC3)c3ccccc3)nc(C(C)(C)C)nc2n(C)c1=O. The first-order valence-electron chi connectivity index (χ1n) is 11.2. The van der Waals surface area contributed by atoms with Crippen molar-refractivity contribution in [2.75, 3.05) is 26.3 Å². The fourth-order valence-electron chi connectivity index (χ4n) is 3.80. The Hall–Kier alpha value is -2.98. The number of thioether (sulfide) groups is 1. The van der Waals surface area contributed by atoms with E-state index < -0.39 is 21.9 Å². The Bertz CT molecular complexity index is 1340. The molecule has 0 radical (unpaired) electrons. The molecule has 180 valence electrons. The molecule has 1 amide bonds. The molecule has 0 N–H and O–H groups in total. The number of aromatic nitrogens is 4. The molecule has 1 aromatic carbocycles. The normalized spacial score (nSPS) is 15.5. The predicted molar refractivity (Wildman–Crippen MR) is 131 cm³/mol. The van der Waals surface area contributed by atoms with Crippen molar-refractivity contribution in [3.8, 4) is 0 Å². The van der Waals surface area contributed by atoms with E-state index in [2.05, 4.69) is 4.98 Å². The zero-order valence-electron chi connectivity index (χ0n) is 20.1. The average molecular weight is 484 g/mol. The highest BCUT2D eigenvalue weighted by molar-refractivity contribution is 8.00. The molecule has 3 aromatic rings. The van der Waals surface area contributed by atoms with Gasteiger partial charge in [0.05, 0.1) is 13.2 Å². The summed E-state index contributed by atoms with van der Waals surface area (Å²) in [4.78, 5) is 50.6. The Morgan fingerprint density at radius 1 is 1.03 bits per heavy atom. The Kier molecular flexibility index (Phi) is 6.64. The molecule has 0 aliphatic carbocycles. The Morgan fingerprint density at radius 3 is 2.29 bits per heavy atom. The van der Waals surface area contributed by atoms with E-state index in [4.69, 9.17) is 9.72 Å². The molecular formula is C24H29N5O4S. The average Bonchev–Trinajstić information content (AvgIpc) is 2.84. The lowest BCUT2D eigenvalue weighted by Gasteiger charge is -2.30. The van der Waals surface area contributed by atoms with Crippen molar-refractivity contribution in [3.05, 3.63) is 62.6 Å². The number of nitrogens with zero attached hydrogens (tertiary/aromatic N) is 5. The van der Waals surface area contributed by atoms with Crippen LogP contribution in [0.5, 0.6) is 0 Å². The third kappa shape index (κ3) is 4.52. The van der Waals surface area contributed by atoms with Crippen LogP contribution in [0.4, 0.5) is 0 Å². The number of benzene rings is 1. The topological polar surface area (TPSA) is 99.3 Å². The molecular weight excluding hydrogens is 454 g/mol. The number of carbonyl (C=O) groups excluding carboxylic acids is 1. The van der Waals surface area contributed by atoms with Crippen LogP contribution in [0.1, 0.15) is 37.4 Å². The minimum atomic E-state index is -0.618. The van der Waals surface area contributed by atoms with Crippen molar-refractivity contribution in [1.82, 2.24) is 24.0 Å². The number of hydrogen-bond donors (Lipinski definition) is 0. The summed E-state index contributed by atoms with van der Waals surface area (Å²) >= 11 is 1.23. The summed E-state index contributed by atoms with van der Waals surface area (Å²) in [5, 5.41) is 0.00653. The van der Waals surface area contributed by atoms with E-state index in [0.29, 0.717) is 37.2 Å². The number of hydrogen-bond acceptors (Lipinski definition) is 7. The van der Waals surface area contributed by atoms with Crippen LogP contribution in [0, 0.1) is 0 Å². The van der Waals surface area contributed by atoms with Crippen molar-refractivity contribution >= 4 is 28.7 Å². The van der Waals surface area contributed by atoms with Crippen LogP contribution in [0.2, 0.25) is 0 Å². The van der Waals surface area contributed by atoms with Gasteiger partial charge in [-0.3, -0.25) is 18.7 Å². The summed E-state index contributed by atoms with van der Waals surface area (Å²) in [6.07, 6.45) is 0. The van der Waals surface area contributed by atoms with Crippen molar-refractivity contribution in [2.24, 2.45) is 14.1 Å². The van der Waals surface area contributed by atoms with Crippen LogP contribution in [-0.4, -0.2) is 56.2 Å². The molecule has 4 rings (SSSR count). The van der Waals surface area contributed by atoms with Gasteiger partial charge in [-0.2, -0.15) is 0 Å². The molecule has 1 atom stereocenters. The van der Waals surface area contributed by atoms with E-state index in [9.17, 15) is 14.4 Å². The molecule has 9 nitrogen and oxygen atoms in total. The smallest absolute Gasteiger partial charge is 0.332 e. The van der Waals surface area contributed by atoms with Gasteiger partial charge in [0.1, 0.15) is 21.5 Å². The van der Waals surface area contributed by atoms with Crippen LogP contribution in [0.25, 0.3) is 11.0 Å². The van der Waals surface area contributed by atoms with Gasteiger partial charge in [-0.1, -0.05) is 62.9 Å². The van der Waals surface area contributed by atoms with E-state index in [-0.39, 0.29) is 16.9 Å². The van der Waals surface area contributed by atoms with Crippen molar-refractivity contribution in [3.63, 3.8) is 0 Å². The second kappa shape index (κ2) is 9.34. The maximum atomic E-state index is 13.7. The summed E-state index contributed by atoms with van der Waals surface area (Å²) in [6.45, 7) is 7.91. The molecule has 1 fully saturated rings. The standard InChI is InChI=1S/C24H29N5O4S/c1-24(2,3)22-25-18-16(20(30)28(5)23(32)27(18)4)19(26-22)34-17(15-9-7-6-8-10-15)21(31)29-11-13-33-14-12-29/h6-10,17H,11-14H2,1-5H3. The monoisotopic (exact) mass is 483 g/mol. The molecule has 2 aromatic heterocycles. The Labute approximate surface area is 201 Å². The Morgan fingerprint density at radius 2 is 1.68 bits per heavy atom. The van der Waals surface area contributed by atoms with Crippen LogP contribution >= 0.6 is 11.8 Å². The second-order valence-electron chi connectivity index (χ2n) is 9.35. The molecule has 0 spiro atoms. The molecule has 1 aliphatic heterocycles. The zero-order valence-corrected chi connectivity index (χ0v) is 20.9. The summed E-state index contributed by atoms with van der Waals surface area (Å²) < 4.78 is 7.83. The lowest BCUT2D eigenvalue weighted by atomic mass is 9.96. The van der Waals surface area contributed by atoms with Crippen LogP contribution in [-0.2, 0) is 29.0 Å². The van der Waals surface area contributed by atoms with E-state index in [1.54, 1.807) is 11.9 Å². The van der Waals surface area contributed by atoms with Gasteiger partial charge in [0.15, 0.2) is 5.65 Å². The number of morpholine rings is 1. The third-order valence-electron chi connectivity index (χ3n) is 5.82. The fourth-order valence-corrected chi connectivity index (χ4v) is 5.00. The summed E-state index contributed by atoms with van der Waals surface area (Å²) in [5.41, 5.74) is -0.296. The quantitative estimate of drug-likeness (QED) is 0.413. The van der Waals surface area contributed by atoms with Gasteiger partial charge >= 0.3 is 5.69 Å². The minimum Gasteiger partial charge on any atom is -0.378 e. The van der Waals surface area contributed by atoms with Crippen LogP contribution in [0.15, 0.2) is 44.9 Å². The summed E-state index contributed by atoms with van der Waals surface area (Å²) in [7, 11) is 3.02. The number of aryl methyl sites for hydroxylation is 1. The van der Waals surface area contributed by atoms with E-state index in [1.165, 1.54) is 23.4 Å². The molecule has 1 saturated heterocycles. The van der Waals surface area contributed by atoms with E-state index in [1.807, 2.05) is 51.1 Å². The number of fused-ring (bicyclic) bond motifs is 1. The lowest BCUT2D eigenvalue weighted by molar-refractivity contribution is -0.134. The molecule has 1 unspecified atom stereocenters. The van der Waals surface area contributed by atoms with Gasteiger partial charge in [-0.25, -0.2) is 14.8 Å². The predicted octanol–water partition coefficient (Wildman–Crippen LogP) is 2.02. The van der Waals surface area contributed by atoms with Gasteiger partial charge in [-0.05, 0) is 5.56 Å². The van der Waals surface area contributed by atoms with E-state index in [0.717, 1.165) is 10.1 Å². The number of carbonyl (C=O) groups is 1. The van der Waals surface area contributed by atoms with Gasteiger partial charge < -0.3 is 9.64 Å².